The van der Waals surface area contributed by atoms with Crippen molar-refractivity contribution in [1.82, 2.24) is 20.1 Å². The van der Waals surface area contributed by atoms with Gasteiger partial charge in [0.05, 0.1) is 6.04 Å². The molecule has 0 saturated carbocycles. The Morgan fingerprint density at radius 1 is 1.48 bits per heavy atom. The van der Waals surface area contributed by atoms with E-state index in [1.54, 1.807) is 5.38 Å². The molecule has 1 saturated heterocycles. The molecule has 0 bridgehead atoms. The van der Waals surface area contributed by atoms with Crippen molar-refractivity contribution in [2.75, 3.05) is 32.9 Å². The predicted molar refractivity (Wildman–Crippen MR) is 94.1 cm³/mol. The molecule has 2 heterocycles. The number of thioether (sulfide) groups is 1. The van der Waals surface area contributed by atoms with E-state index in [4.69, 9.17) is 0 Å². The molecule has 1 N–H and O–H groups in total. The van der Waals surface area contributed by atoms with Gasteiger partial charge < -0.3 is 10.2 Å². The second kappa shape index (κ2) is 8.12. The maximum Gasteiger partial charge on any atom is 0.271 e. The molecule has 8 heteroatoms. The number of hydrogen-bond acceptors (Lipinski definition) is 6. The largest absolute Gasteiger partial charge is 0.347 e. The molecule has 1 aliphatic heterocycles. The SMILES string of the molecule is CCN(CC)C(=O)[C@@H]1C[C@@H](NC(=O)c2csc(SC)n2)CN1C. The number of hydrogen-bond donors (Lipinski definition) is 1. The van der Waals surface area contributed by atoms with Crippen molar-refractivity contribution in [1.29, 1.82) is 0 Å². The van der Waals surface area contributed by atoms with Gasteiger partial charge in [-0.2, -0.15) is 0 Å². The van der Waals surface area contributed by atoms with Crippen LogP contribution in [0.2, 0.25) is 0 Å². The quantitative estimate of drug-likeness (QED) is 0.783. The first kappa shape index (κ1) is 18.2. The Morgan fingerprint density at radius 2 is 2.17 bits per heavy atom. The van der Waals surface area contributed by atoms with E-state index < -0.39 is 0 Å². The average molecular weight is 357 g/mol. The van der Waals surface area contributed by atoms with Crippen molar-refractivity contribution in [3.63, 3.8) is 0 Å². The van der Waals surface area contributed by atoms with Gasteiger partial charge in [-0.25, -0.2) is 4.98 Å². The van der Waals surface area contributed by atoms with E-state index in [2.05, 4.69) is 10.3 Å². The van der Waals surface area contributed by atoms with Crippen molar-refractivity contribution < 1.29 is 9.59 Å². The number of nitrogens with one attached hydrogen (secondary N) is 1. The monoisotopic (exact) mass is 356 g/mol. The minimum absolute atomic E-state index is 0.0172. The maximum atomic E-state index is 12.5. The van der Waals surface area contributed by atoms with Crippen molar-refractivity contribution in [3.8, 4) is 0 Å². The van der Waals surface area contributed by atoms with Crippen LogP contribution in [0, 0.1) is 0 Å². The molecule has 1 aromatic rings. The summed E-state index contributed by atoms with van der Waals surface area (Å²) in [7, 11) is 1.94. The molecule has 0 aliphatic carbocycles. The van der Waals surface area contributed by atoms with Gasteiger partial charge in [-0.1, -0.05) is 11.8 Å². The van der Waals surface area contributed by atoms with Crippen LogP contribution in [0.25, 0.3) is 0 Å². The van der Waals surface area contributed by atoms with E-state index in [-0.39, 0.29) is 23.9 Å². The molecule has 6 nitrogen and oxygen atoms in total. The van der Waals surface area contributed by atoms with Crippen molar-refractivity contribution in [3.05, 3.63) is 11.1 Å². The normalized spacial score (nSPS) is 21.4. The molecule has 2 rings (SSSR count). The highest BCUT2D eigenvalue weighted by Crippen LogP contribution is 2.21. The lowest BCUT2D eigenvalue weighted by Crippen LogP contribution is -2.44. The molecule has 2 atom stereocenters. The number of amides is 2. The van der Waals surface area contributed by atoms with E-state index in [0.29, 0.717) is 31.7 Å². The fraction of sp³-hybridized carbons (Fsp3) is 0.667. The summed E-state index contributed by atoms with van der Waals surface area (Å²) in [4.78, 5) is 32.9. The summed E-state index contributed by atoms with van der Waals surface area (Å²) in [6.45, 7) is 6.09. The van der Waals surface area contributed by atoms with Crippen LogP contribution in [-0.2, 0) is 4.79 Å². The van der Waals surface area contributed by atoms with E-state index in [9.17, 15) is 9.59 Å². The minimum Gasteiger partial charge on any atom is -0.347 e. The summed E-state index contributed by atoms with van der Waals surface area (Å²) in [5.41, 5.74) is 0.459. The van der Waals surface area contributed by atoms with Crippen LogP contribution < -0.4 is 5.32 Å². The Bertz CT molecular complexity index is 559. The van der Waals surface area contributed by atoms with Gasteiger partial charge in [0.1, 0.15) is 10.0 Å². The number of likely N-dealkylation sites (N-methyl/N-ethyl adjacent to an activating group) is 2. The third-order valence-electron chi connectivity index (χ3n) is 4.13. The van der Waals surface area contributed by atoms with Gasteiger partial charge in [-0.15, -0.1) is 11.3 Å². The highest BCUT2D eigenvalue weighted by atomic mass is 32.2. The number of aromatic nitrogens is 1. The first-order valence-electron chi connectivity index (χ1n) is 7.79. The fourth-order valence-corrected chi connectivity index (χ4v) is 4.10. The van der Waals surface area contributed by atoms with Gasteiger partial charge in [0, 0.05) is 31.1 Å². The molecule has 1 aromatic heterocycles. The van der Waals surface area contributed by atoms with E-state index in [0.717, 1.165) is 4.34 Å². The second-order valence-corrected chi connectivity index (χ2v) is 7.49. The van der Waals surface area contributed by atoms with Crippen molar-refractivity contribution in [2.45, 2.75) is 36.7 Å². The zero-order chi connectivity index (χ0) is 17.0. The third-order valence-corrected chi connectivity index (χ3v) is 6.00. The maximum absolute atomic E-state index is 12.5. The summed E-state index contributed by atoms with van der Waals surface area (Å²) in [6.07, 6.45) is 2.59. The molecule has 23 heavy (non-hydrogen) atoms. The predicted octanol–water partition coefficient (Wildman–Crippen LogP) is 1.54. The summed E-state index contributed by atoms with van der Waals surface area (Å²) in [5.74, 6) is -0.0107. The first-order valence-corrected chi connectivity index (χ1v) is 9.89. The van der Waals surface area contributed by atoms with Gasteiger partial charge in [-0.3, -0.25) is 14.5 Å². The molecule has 0 radical (unpaired) electrons. The van der Waals surface area contributed by atoms with E-state index >= 15 is 0 Å². The van der Waals surface area contributed by atoms with E-state index in [1.165, 1.54) is 23.1 Å². The fourth-order valence-electron chi connectivity index (χ4n) is 2.85. The lowest BCUT2D eigenvalue weighted by Gasteiger charge is -2.26. The molecular formula is C15H24N4O2S2. The van der Waals surface area contributed by atoms with Gasteiger partial charge in [0.15, 0.2) is 0 Å². The summed E-state index contributed by atoms with van der Waals surface area (Å²) in [6, 6.07) is -0.172. The number of likely N-dealkylation sites (tertiary alicyclic amines) is 1. The zero-order valence-electron chi connectivity index (χ0n) is 14.0. The zero-order valence-corrected chi connectivity index (χ0v) is 15.7. The second-order valence-electron chi connectivity index (χ2n) is 5.57. The highest BCUT2D eigenvalue weighted by molar-refractivity contribution is 8.00. The van der Waals surface area contributed by atoms with Crippen LogP contribution in [0.1, 0.15) is 30.8 Å². The van der Waals surface area contributed by atoms with Gasteiger partial charge in [-0.05, 0) is 33.6 Å². The van der Waals surface area contributed by atoms with E-state index in [1.807, 2.05) is 37.0 Å². The lowest BCUT2D eigenvalue weighted by atomic mass is 10.1. The molecule has 0 aromatic carbocycles. The molecular weight excluding hydrogens is 332 g/mol. The van der Waals surface area contributed by atoms with Crippen molar-refractivity contribution >= 4 is 34.9 Å². The number of nitrogens with zero attached hydrogens (tertiary/aromatic N) is 3. The Hall–Kier alpha value is -1.12. The highest BCUT2D eigenvalue weighted by Gasteiger charge is 2.37. The van der Waals surface area contributed by atoms with Gasteiger partial charge in [0.25, 0.3) is 5.91 Å². The molecule has 0 unspecified atom stereocenters. The smallest absolute Gasteiger partial charge is 0.271 e. The Labute approximate surface area is 145 Å². The Kier molecular flexibility index (Phi) is 6.43. The third kappa shape index (κ3) is 4.24. The Balaban J connectivity index is 1.95. The standard InChI is InChI=1S/C15H24N4O2S2/c1-5-19(6-2)14(21)12-7-10(8-18(12)3)16-13(20)11-9-23-15(17-11)22-4/h9-10,12H,5-8H2,1-4H3,(H,16,20)/t10-,12+/m1/s1. The minimum atomic E-state index is -0.157. The van der Waals surface area contributed by atoms with Crippen LogP contribution in [0.3, 0.4) is 0 Å². The van der Waals surface area contributed by atoms with Gasteiger partial charge >= 0.3 is 0 Å². The Morgan fingerprint density at radius 3 is 2.74 bits per heavy atom. The molecule has 1 fully saturated rings. The summed E-state index contributed by atoms with van der Waals surface area (Å²) >= 11 is 3.00. The van der Waals surface area contributed by atoms with Crippen LogP contribution in [0.15, 0.2) is 9.72 Å². The van der Waals surface area contributed by atoms with Gasteiger partial charge in [0.2, 0.25) is 5.91 Å². The van der Waals surface area contributed by atoms with Crippen molar-refractivity contribution in [2.24, 2.45) is 0 Å². The summed E-state index contributed by atoms with van der Waals surface area (Å²) < 4.78 is 0.883. The first-order chi connectivity index (χ1) is 11.0. The molecule has 0 spiro atoms. The lowest BCUT2D eigenvalue weighted by molar-refractivity contribution is -0.135. The molecule has 2 amide bonds. The molecule has 1 aliphatic rings. The summed E-state index contributed by atoms with van der Waals surface area (Å²) in [5, 5.41) is 4.78. The number of thiazole rings is 1. The number of rotatable bonds is 6. The van der Waals surface area contributed by atoms with Crippen LogP contribution in [0.5, 0.6) is 0 Å². The van der Waals surface area contributed by atoms with Crippen LogP contribution in [0.4, 0.5) is 0 Å². The topological polar surface area (TPSA) is 65.5 Å². The van der Waals surface area contributed by atoms with Crippen LogP contribution in [-0.4, -0.2) is 71.6 Å². The number of carbonyl (C=O) groups is 2. The number of carbonyl (C=O) groups excluding carboxylic acids is 2. The average Bonchev–Trinajstić information content (AvgIpc) is 3.15. The van der Waals surface area contributed by atoms with Crippen LogP contribution >= 0.6 is 23.1 Å². The molecule has 128 valence electrons.